The van der Waals surface area contributed by atoms with Gasteiger partial charge in [0.25, 0.3) is 11.8 Å². The highest BCUT2D eigenvalue weighted by Crippen LogP contribution is 2.32. The molecule has 7 nitrogen and oxygen atoms in total. The molecule has 3 heterocycles. The Balaban J connectivity index is 1.26. The van der Waals surface area contributed by atoms with Crippen LogP contribution in [0.15, 0.2) is 53.1 Å². The fraction of sp³-hybridized carbons (Fsp3) is 0.292. The molecule has 5 rings (SSSR count). The zero-order valence-corrected chi connectivity index (χ0v) is 17.1. The molecule has 1 unspecified atom stereocenters. The molecule has 2 aliphatic heterocycles. The Morgan fingerprint density at radius 3 is 2.68 bits per heavy atom. The van der Waals surface area contributed by atoms with Crippen molar-refractivity contribution < 1.29 is 23.5 Å². The second kappa shape index (κ2) is 7.58. The number of nitrogens with zero attached hydrogens (tertiary/aromatic N) is 1. The number of rotatable bonds is 3. The average Bonchev–Trinajstić information content (AvgIpc) is 3.23. The van der Waals surface area contributed by atoms with Crippen LogP contribution in [0.4, 0.5) is 5.69 Å². The van der Waals surface area contributed by atoms with Crippen LogP contribution in [0.1, 0.15) is 40.5 Å². The van der Waals surface area contributed by atoms with Gasteiger partial charge in [0.1, 0.15) is 17.6 Å². The third kappa shape index (κ3) is 3.46. The van der Waals surface area contributed by atoms with Gasteiger partial charge in [-0.1, -0.05) is 18.2 Å². The quantitative estimate of drug-likeness (QED) is 0.652. The molecule has 1 fully saturated rings. The minimum absolute atomic E-state index is 0.0246. The van der Waals surface area contributed by atoms with Crippen LogP contribution in [0.2, 0.25) is 0 Å². The number of anilines is 1. The molecule has 1 saturated heterocycles. The SMILES string of the molecule is CC1Oc2ccc(C(=O)C3CCN(C(=O)c4coc5ccccc45)CC3)cc2NC1=O. The van der Waals surface area contributed by atoms with Gasteiger partial charge in [-0.15, -0.1) is 0 Å². The fourth-order valence-corrected chi connectivity index (χ4v) is 4.26. The Morgan fingerprint density at radius 1 is 1.10 bits per heavy atom. The predicted octanol–water partition coefficient (Wildman–Crippen LogP) is 3.89. The zero-order valence-electron chi connectivity index (χ0n) is 17.1. The highest BCUT2D eigenvalue weighted by atomic mass is 16.5. The molecule has 2 aromatic carbocycles. The maximum atomic E-state index is 13.0. The number of benzene rings is 2. The summed E-state index contributed by atoms with van der Waals surface area (Å²) in [4.78, 5) is 39.6. The van der Waals surface area contributed by atoms with Gasteiger partial charge in [0.15, 0.2) is 11.9 Å². The number of amides is 2. The number of carbonyl (C=O) groups is 3. The van der Waals surface area contributed by atoms with Crippen LogP contribution in [0.5, 0.6) is 5.75 Å². The molecule has 1 aromatic heterocycles. The van der Waals surface area contributed by atoms with Crippen molar-refractivity contribution >= 4 is 34.3 Å². The maximum absolute atomic E-state index is 13.0. The van der Waals surface area contributed by atoms with Gasteiger partial charge in [-0.3, -0.25) is 14.4 Å². The highest BCUT2D eigenvalue weighted by molar-refractivity contribution is 6.06. The topological polar surface area (TPSA) is 88.8 Å². The van der Waals surface area contributed by atoms with Crippen molar-refractivity contribution in [2.75, 3.05) is 18.4 Å². The minimum Gasteiger partial charge on any atom is -0.479 e. The lowest BCUT2D eigenvalue weighted by Gasteiger charge is -2.31. The predicted molar refractivity (Wildman–Crippen MR) is 114 cm³/mol. The summed E-state index contributed by atoms with van der Waals surface area (Å²) in [6, 6.07) is 12.6. The molecular formula is C24H22N2O5. The van der Waals surface area contributed by atoms with Crippen LogP contribution in [0.25, 0.3) is 11.0 Å². The van der Waals surface area contributed by atoms with E-state index in [-0.39, 0.29) is 23.5 Å². The van der Waals surface area contributed by atoms with Gasteiger partial charge < -0.3 is 19.4 Å². The van der Waals surface area contributed by atoms with E-state index < -0.39 is 6.10 Å². The number of nitrogens with one attached hydrogen (secondary N) is 1. The van der Waals surface area contributed by atoms with Crippen molar-refractivity contribution in [3.63, 3.8) is 0 Å². The Kier molecular flexibility index (Phi) is 4.73. The van der Waals surface area contributed by atoms with E-state index in [1.54, 1.807) is 30.0 Å². The van der Waals surface area contributed by atoms with Gasteiger partial charge in [0.05, 0.1) is 11.3 Å². The number of para-hydroxylation sites is 1. The van der Waals surface area contributed by atoms with E-state index in [1.807, 2.05) is 24.3 Å². The lowest BCUT2D eigenvalue weighted by Crippen LogP contribution is -2.40. The van der Waals surface area contributed by atoms with Gasteiger partial charge in [-0.05, 0) is 44.0 Å². The van der Waals surface area contributed by atoms with Crippen molar-refractivity contribution in [2.45, 2.75) is 25.9 Å². The first-order chi connectivity index (χ1) is 15.0. The van der Waals surface area contributed by atoms with Gasteiger partial charge in [0, 0.05) is 30.0 Å². The largest absolute Gasteiger partial charge is 0.479 e. The number of hydrogen-bond acceptors (Lipinski definition) is 5. The standard InChI is InChI=1S/C24H22N2O5/c1-14-23(28)25-19-12-16(6-7-21(19)31-14)22(27)15-8-10-26(11-9-15)24(29)18-13-30-20-5-3-2-4-17(18)20/h2-7,12-15H,8-11H2,1H3,(H,25,28). The van der Waals surface area contributed by atoms with Gasteiger partial charge in [0.2, 0.25) is 0 Å². The number of piperidine rings is 1. The Bertz CT molecular complexity index is 1190. The molecule has 2 amide bonds. The van der Waals surface area contributed by atoms with Gasteiger partial charge in [-0.25, -0.2) is 0 Å². The first kappa shape index (κ1) is 19.4. The molecule has 0 aliphatic carbocycles. The normalized spacial score (nSPS) is 18.9. The second-order valence-electron chi connectivity index (χ2n) is 8.04. The summed E-state index contributed by atoms with van der Waals surface area (Å²) in [6.07, 6.45) is 2.15. The molecule has 3 aromatic rings. The van der Waals surface area contributed by atoms with E-state index in [2.05, 4.69) is 5.32 Å². The van der Waals surface area contributed by atoms with Crippen molar-refractivity contribution in [3.8, 4) is 5.75 Å². The van der Waals surface area contributed by atoms with E-state index in [4.69, 9.17) is 9.15 Å². The number of Topliss-reactive ketones (excluding diaryl/α,β-unsaturated/α-hetero) is 1. The molecule has 0 radical (unpaired) electrons. The van der Waals surface area contributed by atoms with E-state index >= 15 is 0 Å². The van der Waals surface area contributed by atoms with Gasteiger partial charge in [-0.2, -0.15) is 0 Å². The third-order valence-electron chi connectivity index (χ3n) is 6.06. The van der Waals surface area contributed by atoms with Crippen LogP contribution in [0, 0.1) is 5.92 Å². The number of carbonyl (C=O) groups excluding carboxylic acids is 3. The Labute approximate surface area is 179 Å². The smallest absolute Gasteiger partial charge is 0.265 e. The van der Waals surface area contributed by atoms with Crippen LogP contribution in [0.3, 0.4) is 0 Å². The average molecular weight is 418 g/mol. The summed E-state index contributed by atoms with van der Waals surface area (Å²) >= 11 is 0. The number of fused-ring (bicyclic) bond motifs is 2. The van der Waals surface area contributed by atoms with Crippen LogP contribution < -0.4 is 10.1 Å². The number of likely N-dealkylation sites (tertiary alicyclic amines) is 1. The van der Waals surface area contributed by atoms with Gasteiger partial charge >= 0.3 is 0 Å². The molecule has 0 bridgehead atoms. The third-order valence-corrected chi connectivity index (χ3v) is 6.06. The van der Waals surface area contributed by atoms with Crippen molar-refractivity contribution in [1.29, 1.82) is 0 Å². The first-order valence-corrected chi connectivity index (χ1v) is 10.4. The van der Waals surface area contributed by atoms with E-state index in [9.17, 15) is 14.4 Å². The Hall–Kier alpha value is -3.61. The number of hydrogen-bond donors (Lipinski definition) is 1. The number of ketones is 1. The molecule has 0 saturated carbocycles. The summed E-state index contributed by atoms with van der Waals surface area (Å²) in [5.41, 5.74) is 2.31. The van der Waals surface area contributed by atoms with Crippen LogP contribution in [-0.2, 0) is 4.79 Å². The first-order valence-electron chi connectivity index (χ1n) is 10.4. The second-order valence-corrected chi connectivity index (χ2v) is 8.04. The molecule has 31 heavy (non-hydrogen) atoms. The summed E-state index contributed by atoms with van der Waals surface area (Å²) in [7, 11) is 0. The number of furan rings is 1. The van der Waals surface area contributed by atoms with Crippen LogP contribution >= 0.6 is 0 Å². The van der Waals surface area contributed by atoms with Crippen LogP contribution in [-0.4, -0.2) is 41.7 Å². The monoisotopic (exact) mass is 418 g/mol. The highest BCUT2D eigenvalue weighted by Gasteiger charge is 2.31. The van der Waals surface area contributed by atoms with E-state index in [0.29, 0.717) is 54.1 Å². The van der Waals surface area contributed by atoms with Crippen molar-refractivity contribution in [2.24, 2.45) is 5.92 Å². The fourth-order valence-electron chi connectivity index (χ4n) is 4.26. The molecule has 0 spiro atoms. The summed E-state index contributed by atoms with van der Waals surface area (Å²) in [5, 5.41) is 3.59. The lowest BCUT2D eigenvalue weighted by atomic mass is 9.88. The molecule has 1 N–H and O–H groups in total. The molecular weight excluding hydrogens is 396 g/mol. The molecule has 7 heteroatoms. The van der Waals surface area contributed by atoms with E-state index in [1.165, 1.54) is 6.26 Å². The molecule has 158 valence electrons. The zero-order chi connectivity index (χ0) is 21.5. The molecule has 2 aliphatic rings. The maximum Gasteiger partial charge on any atom is 0.265 e. The number of ether oxygens (including phenoxy) is 1. The van der Waals surface area contributed by atoms with Crippen molar-refractivity contribution in [1.82, 2.24) is 4.90 Å². The van der Waals surface area contributed by atoms with E-state index in [0.717, 1.165) is 5.39 Å². The summed E-state index contributed by atoms with van der Waals surface area (Å²) in [6.45, 7) is 2.70. The van der Waals surface area contributed by atoms with Crippen molar-refractivity contribution in [3.05, 3.63) is 59.9 Å². The Morgan fingerprint density at radius 2 is 1.87 bits per heavy atom. The molecule has 1 atom stereocenters. The summed E-state index contributed by atoms with van der Waals surface area (Å²) < 4.78 is 11.1. The summed E-state index contributed by atoms with van der Waals surface area (Å²) in [5.74, 6) is 0.129. The minimum atomic E-state index is -0.553. The lowest BCUT2D eigenvalue weighted by molar-refractivity contribution is -0.122.